The van der Waals surface area contributed by atoms with Crippen molar-refractivity contribution in [3.63, 3.8) is 0 Å². The van der Waals surface area contributed by atoms with E-state index in [0.717, 1.165) is 35.7 Å². The van der Waals surface area contributed by atoms with Crippen LogP contribution >= 0.6 is 0 Å². The van der Waals surface area contributed by atoms with Crippen LogP contribution in [0.4, 0.5) is 11.5 Å². The van der Waals surface area contributed by atoms with E-state index in [1.807, 2.05) is 74.1 Å². The first-order valence-electron chi connectivity index (χ1n) is 10.5. The zero-order valence-corrected chi connectivity index (χ0v) is 18.4. The standard InChI is InChI=1S/C23H28N6O2/c1-16(2)22-25-21(26-31-22)18-7-10-20(24-15-18)28-11-13-29(14-12-28)23(30)17-5-8-19(9-6-17)27(3)4/h5-10,15-16H,11-14H2,1-4H3. The monoisotopic (exact) mass is 420 g/mol. The van der Waals surface area contributed by atoms with Crippen molar-refractivity contribution in [1.29, 1.82) is 0 Å². The Hall–Kier alpha value is -3.42. The quantitative estimate of drug-likeness (QED) is 0.627. The average Bonchev–Trinajstić information content (AvgIpc) is 3.30. The van der Waals surface area contributed by atoms with E-state index < -0.39 is 0 Å². The van der Waals surface area contributed by atoms with Crippen LogP contribution < -0.4 is 9.80 Å². The number of aromatic nitrogens is 3. The number of nitrogens with zero attached hydrogens (tertiary/aromatic N) is 6. The van der Waals surface area contributed by atoms with E-state index in [1.165, 1.54) is 0 Å². The lowest BCUT2D eigenvalue weighted by molar-refractivity contribution is 0.0746. The molecule has 1 aromatic carbocycles. The summed E-state index contributed by atoms with van der Waals surface area (Å²) in [7, 11) is 3.98. The van der Waals surface area contributed by atoms with E-state index in [4.69, 9.17) is 4.52 Å². The van der Waals surface area contributed by atoms with Gasteiger partial charge in [-0.15, -0.1) is 0 Å². The van der Waals surface area contributed by atoms with Gasteiger partial charge in [-0.05, 0) is 36.4 Å². The van der Waals surface area contributed by atoms with Gasteiger partial charge in [-0.2, -0.15) is 4.98 Å². The van der Waals surface area contributed by atoms with Crippen molar-refractivity contribution in [2.24, 2.45) is 0 Å². The summed E-state index contributed by atoms with van der Waals surface area (Å²) in [6.07, 6.45) is 1.77. The van der Waals surface area contributed by atoms with Crippen LogP contribution in [0.5, 0.6) is 0 Å². The van der Waals surface area contributed by atoms with Crippen LogP contribution in [-0.2, 0) is 0 Å². The number of hydrogen-bond acceptors (Lipinski definition) is 7. The van der Waals surface area contributed by atoms with Crippen LogP contribution in [0.25, 0.3) is 11.4 Å². The third-order valence-corrected chi connectivity index (χ3v) is 5.46. The Morgan fingerprint density at radius 2 is 1.74 bits per heavy atom. The van der Waals surface area contributed by atoms with Gasteiger partial charge < -0.3 is 19.2 Å². The van der Waals surface area contributed by atoms with Crippen molar-refractivity contribution < 1.29 is 9.32 Å². The number of carbonyl (C=O) groups excluding carboxylic acids is 1. The predicted octanol–water partition coefficient (Wildman–Crippen LogP) is 3.28. The lowest BCUT2D eigenvalue weighted by atomic mass is 10.1. The van der Waals surface area contributed by atoms with Gasteiger partial charge in [-0.3, -0.25) is 4.79 Å². The molecule has 8 nitrogen and oxygen atoms in total. The molecule has 0 saturated carbocycles. The Morgan fingerprint density at radius 3 is 2.29 bits per heavy atom. The highest BCUT2D eigenvalue weighted by Crippen LogP contribution is 2.22. The van der Waals surface area contributed by atoms with Gasteiger partial charge in [-0.25, -0.2) is 4.98 Å². The minimum Gasteiger partial charge on any atom is -0.378 e. The minimum absolute atomic E-state index is 0.0753. The minimum atomic E-state index is 0.0753. The first-order chi connectivity index (χ1) is 14.9. The summed E-state index contributed by atoms with van der Waals surface area (Å²) in [4.78, 5) is 28.0. The average molecular weight is 421 g/mol. The van der Waals surface area contributed by atoms with E-state index >= 15 is 0 Å². The van der Waals surface area contributed by atoms with Crippen LogP contribution in [0, 0.1) is 0 Å². The van der Waals surface area contributed by atoms with E-state index in [1.54, 1.807) is 6.20 Å². The largest absolute Gasteiger partial charge is 0.378 e. The third-order valence-electron chi connectivity index (χ3n) is 5.46. The molecule has 0 unspecified atom stereocenters. The Morgan fingerprint density at radius 1 is 1.03 bits per heavy atom. The molecule has 1 aliphatic rings. The third kappa shape index (κ3) is 4.52. The highest BCUT2D eigenvalue weighted by Gasteiger charge is 2.23. The number of benzene rings is 1. The summed E-state index contributed by atoms with van der Waals surface area (Å²) in [5, 5.41) is 4.04. The van der Waals surface area contributed by atoms with Crippen molar-refractivity contribution in [2.45, 2.75) is 19.8 Å². The molecule has 2 aromatic heterocycles. The van der Waals surface area contributed by atoms with Gasteiger partial charge in [0.2, 0.25) is 11.7 Å². The number of hydrogen-bond donors (Lipinski definition) is 0. The molecular weight excluding hydrogens is 392 g/mol. The zero-order chi connectivity index (χ0) is 22.0. The molecule has 3 heterocycles. The Balaban J connectivity index is 1.36. The fourth-order valence-corrected chi connectivity index (χ4v) is 3.52. The second kappa shape index (κ2) is 8.75. The molecule has 1 fully saturated rings. The van der Waals surface area contributed by atoms with Crippen LogP contribution in [0.1, 0.15) is 36.0 Å². The van der Waals surface area contributed by atoms with Crippen molar-refractivity contribution in [1.82, 2.24) is 20.0 Å². The molecule has 4 rings (SSSR count). The van der Waals surface area contributed by atoms with Crippen molar-refractivity contribution in [2.75, 3.05) is 50.1 Å². The van der Waals surface area contributed by atoms with Gasteiger partial charge in [0.25, 0.3) is 5.91 Å². The van der Waals surface area contributed by atoms with E-state index in [2.05, 4.69) is 20.0 Å². The van der Waals surface area contributed by atoms with Crippen molar-refractivity contribution in [3.8, 4) is 11.4 Å². The number of pyridine rings is 1. The van der Waals surface area contributed by atoms with Gasteiger partial charge in [-0.1, -0.05) is 19.0 Å². The van der Waals surface area contributed by atoms with Gasteiger partial charge in [0.05, 0.1) is 0 Å². The number of rotatable bonds is 5. The van der Waals surface area contributed by atoms with Crippen LogP contribution in [0.15, 0.2) is 47.1 Å². The fraction of sp³-hybridized carbons (Fsp3) is 0.391. The summed E-state index contributed by atoms with van der Waals surface area (Å²) in [5.41, 5.74) is 2.63. The number of amides is 1. The first kappa shape index (κ1) is 20.8. The molecule has 1 amide bonds. The molecule has 8 heteroatoms. The van der Waals surface area contributed by atoms with Crippen molar-refractivity contribution in [3.05, 3.63) is 54.0 Å². The molecule has 1 aliphatic heterocycles. The maximum atomic E-state index is 12.8. The normalized spacial score (nSPS) is 14.2. The molecule has 0 radical (unpaired) electrons. The zero-order valence-electron chi connectivity index (χ0n) is 18.4. The second-order valence-electron chi connectivity index (χ2n) is 8.24. The smallest absolute Gasteiger partial charge is 0.253 e. The van der Waals surface area contributed by atoms with Gasteiger partial charge in [0.1, 0.15) is 5.82 Å². The van der Waals surface area contributed by atoms with Gasteiger partial charge in [0.15, 0.2) is 0 Å². The van der Waals surface area contributed by atoms with E-state index in [-0.39, 0.29) is 11.8 Å². The van der Waals surface area contributed by atoms with Gasteiger partial charge in [0, 0.05) is 69.2 Å². The lowest BCUT2D eigenvalue weighted by Crippen LogP contribution is -2.49. The molecule has 1 saturated heterocycles. The lowest BCUT2D eigenvalue weighted by Gasteiger charge is -2.35. The topological polar surface area (TPSA) is 78.6 Å². The Kier molecular flexibility index (Phi) is 5.88. The molecule has 0 spiro atoms. The summed E-state index contributed by atoms with van der Waals surface area (Å²) in [6, 6.07) is 11.7. The Bertz CT molecular complexity index is 1020. The molecule has 0 aliphatic carbocycles. The molecule has 0 atom stereocenters. The number of carbonyl (C=O) groups is 1. The molecule has 0 bridgehead atoms. The van der Waals surface area contributed by atoms with Gasteiger partial charge >= 0.3 is 0 Å². The molecule has 0 N–H and O–H groups in total. The second-order valence-corrected chi connectivity index (χ2v) is 8.24. The van der Waals surface area contributed by atoms with Crippen LogP contribution in [-0.4, -0.2) is 66.2 Å². The Labute approximate surface area is 182 Å². The van der Waals surface area contributed by atoms with Crippen LogP contribution in [0.3, 0.4) is 0 Å². The molecule has 31 heavy (non-hydrogen) atoms. The maximum Gasteiger partial charge on any atom is 0.253 e. The predicted molar refractivity (Wildman–Crippen MR) is 121 cm³/mol. The summed E-state index contributed by atoms with van der Waals surface area (Å²) >= 11 is 0. The summed E-state index contributed by atoms with van der Waals surface area (Å²) in [6.45, 7) is 6.85. The number of piperazine rings is 1. The first-order valence-corrected chi connectivity index (χ1v) is 10.5. The fourth-order valence-electron chi connectivity index (χ4n) is 3.52. The number of anilines is 2. The van der Waals surface area contributed by atoms with Crippen molar-refractivity contribution >= 4 is 17.4 Å². The van der Waals surface area contributed by atoms with E-state index in [0.29, 0.717) is 24.8 Å². The summed E-state index contributed by atoms with van der Waals surface area (Å²) < 4.78 is 5.28. The van der Waals surface area contributed by atoms with Crippen LogP contribution in [0.2, 0.25) is 0 Å². The molecular formula is C23H28N6O2. The van der Waals surface area contributed by atoms with E-state index in [9.17, 15) is 4.79 Å². The SMILES string of the molecule is CC(C)c1nc(-c2ccc(N3CCN(C(=O)c4ccc(N(C)C)cc4)CC3)nc2)no1. The maximum absolute atomic E-state index is 12.8. The highest BCUT2D eigenvalue weighted by atomic mass is 16.5. The highest BCUT2D eigenvalue weighted by molar-refractivity contribution is 5.94. The molecule has 162 valence electrons. The summed E-state index contributed by atoms with van der Waals surface area (Å²) in [5.74, 6) is 2.33. The molecule has 3 aromatic rings.